The Bertz CT molecular complexity index is 1500. The van der Waals surface area contributed by atoms with Crippen molar-refractivity contribution in [1.82, 2.24) is 0 Å². The first kappa shape index (κ1) is 41.6. The van der Waals surface area contributed by atoms with Crippen LogP contribution in [0, 0.1) is 39.9 Å². The Morgan fingerprint density at radius 3 is 2.28 bits per heavy atom. The standard InChI is InChI=1S/C40H60O13/c1-20(19-50-36-34(48)33(47)32(46)28(18-41)53-36)10-9-11-21(2)31-26(44)17-38(7)25-15-27(51-22(3)42)35-37(5,6)30(52-23(4)43)12-13-40(35,49)16-24(25)14-29(45)39(31,38)8/h10,14,21,25,27-28,30-36,41,46-49H,9,11-13,15-19H2,1-8H3/b20-10+/t21-,25-,27+,28-,30+,31+,32-,33+,34-,35+,36-,38+,39-,40-/m1/s1. The minimum atomic E-state index is -1.54. The number of hydrogen-bond acceptors (Lipinski definition) is 13. The predicted molar refractivity (Wildman–Crippen MR) is 190 cm³/mol. The van der Waals surface area contributed by atoms with Gasteiger partial charge >= 0.3 is 11.9 Å². The molecule has 1 saturated heterocycles. The number of carbonyl (C=O) groups is 4. The predicted octanol–water partition coefficient (Wildman–Crippen LogP) is 2.72. The van der Waals surface area contributed by atoms with Gasteiger partial charge in [0.05, 0.1) is 18.8 Å². The van der Waals surface area contributed by atoms with Crippen LogP contribution in [-0.2, 0) is 38.1 Å². The number of Topliss-reactive ketones (excluding diaryl/α,β-unsaturated/α-hetero) is 1. The largest absolute Gasteiger partial charge is 0.462 e. The lowest BCUT2D eigenvalue weighted by Gasteiger charge is -2.54. The number of aliphatic hydroxyl groups is 5. The SMILES string of the molecule is CC(=O)O[C@H]1C[C@@H]2C(=CC(=O)[C@]3(C)[C@@H]([C@H](C)CC/C=C(\C)CO[C@@H]4O[C@H](CO)[C@@H](O)[C@H](O)[C@H]4O)C(=O)C[C@@]23C)C[C@]2(O)CC[C@H](OC(C)=O)C(C)(C)[C@H]12. The summed E-state index contributed by atoms with van der Waals surface area (Å²) in [6, 6.07) is 0. The van der Waals surface area contributed by atoms with E-state index < -0.39 is 95.1 Å². The van der Waals surface area contributed by atoms with Crippen LogP contribution >= 0.6 is 0 Å². The second kappa shape index (κ2) is 15.2. The molecule has 5 N–H and O–H groups in total. The molecule has 0 aromatic heterocycles. The Hall–Kier alpha value is -2.52. The van der Waals surface area contributed by atoms with Crippen molar-refractivity contribution < 1.29 is 63.7 Å². The molecule has 13 heteroatoms. The van der Waals surface area contributed by atoms with Gasteiger partial charge in [0.15, 0.2) is 12.1 Å². The molecule has 1 heterocycles. The monoisotopic (exact) mass is 748 g/mol. The first-order chi connectivity index (χ1) is 24.6. The fourth-order valence-electron chi connectivity index (χ4n) is 11.1. The summed E-state index contributed by atoms with van der Waals surface area (Å²) in [6.45, 7) is 13.8. The van der Waals surface area contributed by atoms with Gasteiger partial charge in [-0.1, -0.05) is 51.8 Å². The molecule has 1 aliphatic heterocycles. The van der Waals surface area contributed by atoms with E-state index in [-0.39, 0.29) is 42.9 Å². The molecular formula is C40H60O13. The summed E-state index contributed by atoms with van der Waals surface area (Å²) in [5, 5.41) is 52.2. The number of carbonyl (C=O) groups excluding carboxylic acids is 4. The van der Waals surface area contributed by atoms with Crippen molar-refractivity contribution in [2.75, 3.05) is 13.2 Å². The van der Waals surface area contributed by atoms with Gasteiger partial charge in [-0.2, -0.15) is 0 Å². The molecule has 4 aliphatic carbocycles. The van der Waals surface area contributed by atoms with E-state index in [1.165, 1.54) is 13.8 Å². The highest BCUT2D eigenvalue weighted by Crippen LogP contribution is 2.68. The van der Waals surface area contributed by atoms with E-state index in [9.17, 15) is 44.7 Å². The number of ketones is 2. The van der Waals surface area contributed by atoms with Crippen LogP contribution < -0.4 is 0 Å². The van der Waals surface area contributed by atoms with Crippen molar-refractivity contribution in [3.05, 3.63) is 23.3 Å². The van der Waals surface area contributed by atoms with Crippen molar-refractivity contribution in [3.63, 3.8) is 0 Å². The highest BCUT2D eigenvalue weighted by Gasteiger charge is 2.70. The van der Waals surface area contributed by atoms with Crippen molar-refractivity contribution in [1.29, 1.82) is 0 Å². The maximum atomic E-state index is 14.4. The topological polar surface area (TPSA) is 206 Å². The Balaban J connectivity index is 1.35. The van der Waals surface area contributed by atoms with E-state index >= 15 is 0 Å². The second-order valence-corrected chi connectivity index (χ2v) is 17.6. The maximum Gasteiger partial charge on any atom is 0.302 e. The molecule has 5 rings (SSSR count). The first-order valence-electron chi connectivity index (χ1n) is 19.0. The summed E-state index contributed by atoms with van der Waals surface area (Å²) in [5.74, 6) is -2.70. The molecule has 0 aromatic carbocycles. The maximum absolute atomic E-state index is 14.4. The van der Waals surface area contributed by atoms with Gasteiger partial charge in [0.25, 0.3) is 0 Å². The lowest BCUT2D eigenvalue weighted by molar-refractivity contribution is -0.299. The molecule has 14 atom stereocenters. The molecule has 0 amide bonds. The molecule has 13 nitrogen and oxygen atoms in total. The quantitative estimate of drug-likeness (QED) is 0.161. The van der Waals surface area contributed by atoms with Crippen LogP contribution in [-0.4, -0.2) is 111 Å². The zero-order valence-electron chi connectivity index (χ0n) is 32.4. The third-order valence-electron chi connectivity index (χ3n) is 13.8. The molecule has 0 aromatic rings. The Kier molecular flexibility index (Phi) is 11.9. The van der Waals surface area contributed by atoms with Gasteiger partial charge in [-0.05, 0) is 68.8 Å². The van der Waals surface area contributed by atoms with E-state index in [1.807, 2.05) is 47.6 Å². The van der Waals surface area contributed by atoms with E-state index in [0.29, 0.717) is 32.1 Å². The van der Waals surface area contributed by atoms with Crippen molar-refractivity contribution in [2.45, 2.75) is 149 Å². The summed E-state index contributed by atoms with van der Waals surface area (Å²) in [5.41, 5.74) is -2.38. The lowest BCUT2D eigenvalue weighted by Crippen LogP contribution is -2.60. The highest BCUT2D eigenvalue weighted by atomic mass is 16.7. The average Bonchev–Trinajstić information content (AvgIpc) is 3.18. The van der Waals surface area contributed by atoms with Crippen LogP contribution in [0.4, 0.5) is 0 Å². The van der Waals surface area contributed by atoms with E-state index in [4.69, 9.17) is 18.9 Å². The number of aliphatic hydroxyl groups excluding tert-OH is 4. The normalized spacial score (nSPS) is 43.1. The van der Waals surface area contributed by atoms with Gasteiger partial charge in [-0.3, -0.25) is 19.2 Å². The van der Waals surface area contributed by atoms with Crippen LogP contribution in [0.1, 0.15) is 100 Å². The van der Waals surface area contributed by atoms with Crippen LogP contribution in [0.3, 0.4) is 0 Å². The summed E-state index contributed by atoms with van der Waals surface area (Å²) < 4.78 is 22.9. The molecular weight excluding hydrogens is 688 g/mol. The third kappa shape index (κ3) is 7.32. The van der Waals surface area contributed by atoms with E-state index in [2.05, 4.69) is 0 Å². The third-order valence-corrected chi connectivity index (χ3v) is 13.8. The molecule has 0 unspecified atom stereocenters. The van der Waals surface area contributed by atoms with Gasteiger partial charge in [0.1, 0.15) is 42.4 Å². The molecule has 0 radical (unpaired) electrons. The summed E-state index contributed by atoms with van der Waals surface area (Å²) in [6.07, 6.45) is -1.92. The second-order valence-electron chi connectivity index (χ2n) is 17.6. The van der Waals surface area contributed by atoms with Crippen LogP contribution in [0.15, 0.2) is 23.3 Å². The van der Waals surface area contributed by atoms with Gasteiger partial charge < -0.3 is 44.5 Å². The van der Waals surface area contributed by atoms with Crippen molar-refractivity contribution >= 4 is 23.5 Å². The fourth-order valence-corrected chi connectivity index (χ4v) is 11.1. The lowest BCUT2D eigenvalue weighted by atomic mass is 9.50. The minimum Gasteiger partial charge on any atom is -0.462 e. The molecule has 298 valence electrons. The molecule has 4 fully saturated rings. The first-order valence-corrected chi connectivity index (χ1v) is 19.0. The molecule has 0 bridgehead atoms. The minimum absolute atomic E-state index is 0.0109. The Labute approximate surface area is 312 Å². The number of hydrogen-bond donors (Lipinski definition) is 5. The zero-order chi connectivity index (χ0) is 39.4. The summed E-state index contributed by atoms with van der Waals surface area (Å²) in [7, 11) is 0. The Morgan fingerprint density at radius 2 is 1.66 bits per heavy atom. The fraction of sp³-hybridized carbons (Fsp3) is 0.800. The van der Waals surface area contributed by atoms with Gasteiger partial charge in [-0.15, -0.1) is 0 Å². The van der Waals surface area contributed by atoms with Crippen LogP contribution in [0.5, 0.6) is 0 Å². The van der Waals surface area contributed by atoms with E-state index in [0.717, 1.165) is 11.1 Å². The zero-order valence-corrected chi connectivity index (χ0v) is 32.4. The molecule has 0 spiro atoms. The molecule has 53 heavy (non-hydrogen) atoms. The van der Waals surface area contributed by atoms with Gasteiger partial charge in [0, 0.05) is 42.9 Å². The number of rotatable bonds is 10. The van der Waals surface area contributed by atoms with Gasteiger partial charge in [0.2, 0.25) is 0 Å². The van der Waals surface area contributed by atoms with E-state index in [1.54, 1.807) is 6.08 Å². The molecule has 3 saturated carbocycles. The highest BCUT2D eigenvalue weighted by molar-refractivity contribution is 6.04. The number of fused-ring (bicyclic) bond motifs is 4. The summed E-state index contributed by atoms with van der Waals surface area (Å²) in [4.78, 5) is 53.2. The average molecular weight is 749 g/mol. The smallest absolute Gasteiger partial charge is 0.302 e. The number of ether oxygens (including phenoxy) is 4. The number of allylic oxidation sites excluding steroid dienone is 2. The van der Waals surface area contributed by atoms with Gasteiger partial charge in [-0.25, -0.2) is 0 Å². The number of esters is 2. The summed E-state index contributed by atoms with van der Waals surface area (Å²) >= 11 is 0. The van der Waals surface area contributed by atoms with Crippen molar-refractivity contribution in [3.8, 4) is 0 Å². The van der Waals surface area contributed by atoms with Crippen LogP contribution in [0.25, 0.3) is 0 Å². The van der Waals surface area contributed by atoms with Crippen LogP contribution in [0.2, 0.25) is 0 Å². The Morgan fingerprint density at radius 1 is 1.00 bits per heavy atom. The van der Waals surface area contributed by atoms with Crippen molar-refractivity contribution in [2.24, 2.45) is 39.9 Å². The molecule has 5 aliphatic rings.